The number of esters is 1. The van der Waals surface area contributed by atoms with Gasteiger partial charge in [0.15, 0.2) is 0 Å². The van der Waals surface area contributed by atoms with Crippen LogP contribution < -0.4 is 0 Å². The molecule has 1 aliphatic heterocycles. The number of ether oxygens (including phenoxy) is 1. The summed E-state index contributed by atoms with van der Waals surface area (Å²) in [6.07, 6.45) is 21.8. The summed E-state index contributed by atoms with van der Waals surface area (Å²) in [5.41, 5.74) is 0. The lowest BCUT2D eigenvalue weighted by molar-refractivity contribution is -0.148. The Hall–Kier alpha value is -0.530. The summed E-state index contributed by atoms with van der Waals surface area (Å²) in [6.45, 7) is 2.28. The van der Waals surface area contributed by atoms with E-state index in [4.69, 9.17) is 4.74 Å². The molecule has 2 nitrogen and oxygen atoms in total. The molecule has 2 heteroatoms. The van der Waals surface area contributed by atoms with Gasteiger partial charge < -0.3 is 4.74 Å². The topological polar surface area (TPSA) is 26.3 Å². The van der Waals surface area contributed by atoms with Crippen LogP contribution in [0.3, 0.4) is 0 Å². The first-order chi connectivity index (χ1) is 10.8. The summed E-state index contributed by atoms with van der Waals surface area (Å²) < 4.78 is 5.47. The molecule has 1 aliphatic rings. The van der Waals surface area contributed by atoms with Gasteiger partial charge in [-0.05, 0) is 32.1 Å². The molecular formula is C20H38O2. The van der Waals surface area contributed by atoms with Gasteiger partial charge in [-0.25, -0.2) is 0 Å². The van der Waals surface area contributed by atoms with Gasteiger partial charge in [0.05, 0.1) is 0 Å². The van der Waals surface area contributed by atoms with Gasteiger partial charge in [0.1, 0.15) is 6.10 Å². The van der Waals surface area contributed by atoms with Gasteiger partial charge >= 0.3 is 5.97 Å². The molecule has 130 valence electrons. The molecular weight excluding hydrogens is 272 g/mol. The van der Waals surface area contributed by atoms with Crippen molar-refractivity contribution in [2.24, 2.45) is 0 Å². The average Bonchev–Trinajstić information content (AvgIpc) is 2.72. The molecule has 0 radical (unpaired) electrons. The molecule has 1 rings (SSSR count). The summed E-state index contributed by atoms with van der Waals surface area (Å²) in [7, 11) is 0. The summed E-state index contributed by atoms with van der Waals surface area (Å²) in [4.78, 5) is 11.4. The third-order valence-electron chi connectivity index (χ3n) is 4.83. The standard InChI is InChI=1S/C20H38O2/c1-2-3-4-5-6-7-8-9-10-11-12-13-16-19-17-14-15-18-20(21)22-19/h19H,2-18H2,1H3. The maximum atomic E-state index is 11.4. The first-order valence-corrected chi connectivity index (χ1v) is 10.0. The number of hydrogen-bond donors (Lipinski definition) is 0. The van der Waals surface area contributed by atoms with Crippen molar-refractivity contribution in [1.82, 2.24) is 0 Å². The molecule has 0 saturated carbocycles. The largest absolute Gasteiger partial charge is 0.462 e. The van der Waals surface area contributed by atoms with E-state index in [1.165, 1.54) is 77.0 Å². The van der Waals surface area contributed by atoms with E-state index in [1.54, 1.807) is 0 Å². The lowest BCUT2D eigenvalue weighted by atomic mass is 10.0. The fourth-order valence-corrected chi connectivity index (χ4v) is 3.36. The van der Waals surface area contributed by atoms with Crippen LogP contribution in [-0.4, -0.2) is 12.1 Å². The lowest BCUT2D eigenvalue weighted by Crippen LogP contribution is -2.15. The van der Waals surface area contributed by atoms with Gasteiger partial charge in [-0.15, -0.1) is 0 Å². The van der Waals surface area contributed by atoms with Gasteiger partial charge in [-0.2, -0.15) is 0 Å². The molecule has 0 N–H and O–H groups in total. The van der Waals surface area contributed by atoms with Gasteiger partial charge in [0.25, 0.3) is 0 Å². The zero-order valence-corrected chi connectivity index (χ0v) is 14.9. The number of rotatable bonds is 13. The Labute approximate surface area is 138 Å². The quantitative estimate of drug-likeness (QED) is 0.284. The third kappa shape index (κ3) is 11.1. The number of hydrogen-bond acceptors (Lipinski definition) is 2. The number of carbonyl (C=O) groups excluding carboxylic acids is 1. The third-order valence-corrected chi connectivity index (χ3v) is 4.83. The minimum atomic E-state index is 0.0291. The predicted octanol–water partition coefficient (Wildman–Crippen LogP) is 6.56. The molecule has 1 atom stereocenters. The Kier molecular flexibility index (Phi) is 12.5. The zero-order valence-electron chi connectivity index (χ0n) is 14.9. The normalized spacial score (nSPS) is 19.0. The van der Waals surface area contributed by atoms with Crippen molar-refractivity contribution in [3.8, 4) is 0 Å². The summed E-state index contributed by atoms with van der Waals surface area (Å²) >= 11 is 0. The molecule has 0 aliphatic carbocycles. The lowest BCUT2D eigenvalue weighted by Gasteiger charge is -2.14. The Morgan fingerprint density at radius 1 is 0.818 bits per heavy atom. The molecule has 22 heavy (non-hydrogen) atoms. The van der Waals surface area contributed by atoms with Crippen molar-refractivity contribution in [1.29, 1.82) is 0 Å². The van der Waals surface area contributed by atoms with E-state index in [2.05, 4.69) is 6.92 Å². The minimum Gasteiger partial charge on any atom is -0.462 e. The van der Waals surface area contributed by atoms with E-state index in [1.807, 2.05) is 0 Å². The van der Waals surface area contributed by atoms with Crippen molar-refractivity contribution in [2.45, 2.75) is 122 Å². The van der Waals surface area contributed by atoms with Crippen LogP contribution in [0.5, 0.6) is 0 Å². The van der Waals surface area contributed by atoms with Gasteiger partial charge in [-0.1, -0.05) is 77.6 Å². The Bertz CT molecular complexity index is 262. The van der Waals surface area contributed by atoms with E-state index in [0.29, 0.717) is 6.42 Å². The molecule has 1 saturated heterocycles. The highest BCUT2D eigenvalue weighted by molar-refractivity contribution is 5.69. The van der Waals surface area contributed by atoms with Crippen LogP contribution >= 0.6 is 0 Å². The SMILES string of the molecule is CCCCCCCCCCCCCCC1CCCCC(=O)O1. The summed E-state index contributed by atoms with van der Waals surface area (Å²) in [6, 6.07) is 0. The maximum Gasteiger partial charge on any atom is 0.306 e. The second-order valence-corrected chi connectivity index (χ2v) is 7.04. The van der Waals surface area contributed by atoms with Gasteiger partial charge in [0.2, 0.25) is 0 Å². The summed E-state index contributed by atoms with van der Waals surface area (Å²) in [5.74, 6) is 0.0291. The van der Waals surface area contributed by atoms with Gasteiger partial charge in [-0.3, -0.25) is 4.79 Å². The second-order valence-electron chi connectivity index (χ2n) is 7.04. The highest BCUT2D eigenvalue weighted by atomic mass is 16.5. The fourth-order valence-electron chi connectivity index (χ4n) is 3.36. The molecule has 0 spiro atoms. The van der Waals surface area contributed by atoms with Crippen molar-refractivity contribution in [3.05, 3.63) is 0 Å². The van der Waals surface area contributed by atoms with E-state index in [0.717, 1.165) is 25.7 Å². The average molecular weight is 311 g/mol. The summed E-state index contributed by atoms with van der Waals surface area (Å²) in [5, 5.41) is 0. The molecule has 0 aromatic carbocycles. The molecule has 1 heterocycles. The Balaban J connectivity index is 1.80. The molecule has 0 bridgehead atoms. The molecule has 0 amide bonds. The number of unbranched alkanes of at least 4 members (excludes halogenated alkanes) is 11. The fraction of sp³-hybridized carbons (Fsp3) is 0.950. The van der Waals surface area contributed by atoms with Crippen molar-refractivity contribution < 1.29 is 9.53 Å². The highest BCUT2D eigenvalue weighted by Gasteiger charge is 2.17. The molecule has 1 unspecified atom stereocenters. The molecule has 0 aromatic rings. The van der Waals surface area contributed by atoms with E-state index in [-0.39, 0.29) is 12.1 Å². The van der Waals surface area contributed by atoms with Crippen LogP contribution in [0.2, 0.25) is 0 Å². The van der Waals surface area contributed by atoms with Crippen molar-refractivity contribution in [2.75, 3.05) is 0 Å². The van der Waals surface area contributed by atoms with Crippen LogP contribution in [0, 0.1) is 0 Å². The first kappa shape index (κ1) is 19.5. The predicted molar refractivity (Wildman–Crippen MR) is 94.0 cm³/mol. The Morgan fingerprint density at radius 2 is 1.36 bits per heavy atom. The number of carbonyl (C=O) groups is 1. The minimum absolute atomic E-state index is 0.0291. The van der Waals surface area contributed by atoms with E-state index >= 15 is 0 Å². The molecule has 1 fully saturated rings. The maximum absolute atomic E-state index is 11.4. The highest BCUT2D eigenvalue weighted by Crippen LogP contribution is 2.19. The second kappa shape index (κ2) is 14.1. The van der Waals surface area contributed by atoms with Crippen molar-refractivity contribution in [3.63, 3.8) is 0 Å². The van der Waals surface area contributed by atoms with Crippen LogP contribution in [0.1, 0.15) is 116 Å². The smallest absolute Gasteiger partial charge is 0.306 e. The van der Waals surface area contributed by atoms with Crippen molar-refractivity contribution >= 4 is 5.97 Å². The number of cyclic esters (lactones) is 1. The van der Waals surface area contributed by atoms with Crippen LogP contribution in [0.15, 0.2) is 0 Å². The zero-order chi connectivity index (χ0) is 15.9. The van der Waals surface area contributed by atoms with Crippen LogP contribution in [-0.2, 0) is 9.53 Å². The van der Waals surface area contributed by atoms with Crippen LogP contribution in [0.4, 0.5) is 0 Å². The Morgan fingerprint density at radius 3 is 1.95 bits per heavy atom. The van der Waals surface area contributed by atoms with E-state index in [9.17, 15) is 4.79 Å². The first-order valence-electron chi connectivity index (χ1n) is 10.0. The van der Waals surface area contributed by atoms with Crippen LogP contribution in [0.25, 0.3) is 0 Å². The molecule has 0 aromatic heterocycles. The van der Waals surface area contributed by atoms with E-state index < -0.39 is 0 Å². The monoisotopic (exact) mass is 310 g/mol. The van der Waals surface area contributed by atoms with Gasteiger partial charge in [0, 0.05) is 6.42 Å².